The summed E-state index contributed by atoms with van der Waals surface area (Å²) in [6.45, 7) is 1.79. The summed E-state index contributed by atoms with van der Waals surface area (Å²) in [5, 5.41) is 8.83. The molecule has 0 unspecified atom stereocenters. The van der Waals surface area contributed by atoms with Crippen molar-refractivity contribution < 1.29 is 27.4 Å². The maximum absolute atomic E-state index is 13.6. The number of halogens is 3. The van der Waals surface area contributed by atoms with Crippen LogP contribution >= 0.6 is 0 Å². The van der Waals surface area contributed by atoms with Gasteiger partial charge in [-0.25, -0.2) is 9.97 Å². The Kier molecular flexibility index (Phi) is 7.89. The molecule has 0 saturated carbocycles. The Labute approximate surface area is 206 Å². The summed E-state index contributed by atoms with van der Waals surface area (Å²) in [6, 6.07) is 9.89. The number of aromatic nitrogens is 2. The van der Waals surface area contributed by atoms with Crippen LogP contribution in [-0.2, 0) is 12.7 Å². The zero-order chi connectivity index (χ0) is 25.5. The maximum atomic E-state index is 13.6. The van der Waals surface area contributed by atoms with Gasteiger partial charge < -0.3 is 25.4 Å². The number of piperidine rings is 1. The molecule has 1 fully saturated rings. The second kappa shape index (κ2) is 11.3. The van der Waals surface area contributed by atoms with E-state index < -0.39 is 17.6 Å². The van der Waals surface area contributed by atoms with Gasteiger partial charge in [-0.1, -0.05) is 0 Å². The Morgan fingerprint density at radius 3 is 2.67 bits per heavy atom. The molecule has 1 amide bonds. The molecule has 8 nitrogen and oxygen atoms in total. The van der Waals surface area contributed by atoms with Crippen LogP contribution in [0.3, 0.4) is 0 Å². The van der Waals surface area contributed by atoms with E-state index in [1.165, 1.54) is 25.4 Å². The first-order chi connectivity index (χ1) is 17.3. The number of anilines is 2. The quantitative estimate of drug-likeness (QED) is 0.418. The molecule has 0 radical (unpaired) electrons. The number of rotatable bonds is 8. The van der Waals surface area contributed by atoms with Crippen molar-refractivity contribution in [1.29, 1.82) is 0 Å². The van der Waals surface area contributed by atoms with Crippen LogP contribution in [0.4, 0.5) is 24.7 Å². The molecule has 1 aliphatic heterocycles. The fourth-order valence-electron chi connectivity index (χ4n) is 3.79. The van der Waals surface area contributed by atoms with Gasteiger partial charge in [0.25, 0.3) is 5.91 Å². The van der Waals surface area contributed by atoms with Crippen molar-refractivity contribution in [1.82, 2.24) is 15.3 Å². The lowest BCUT2D eigenvalue weighted by atomic mass is 10.1. The molecule has 11 heteroatoms. The topological polar surface area (TPSA) is 97.4 Å². The number of hydrogen-bond acceptors (Lipinski definition) is 7. The van der Waals surface area contributed by atoms with Crippen LogP contribution in [0.1, 0.15) is 34.3 Å². The highest BCUT2D eigenvalue weighted by atomic mass is 19.4. The predicted molar refractivity (Wildman–Crippen MR) is 128 cm³/mol. The minimum absolute atomic E-state index is 0.0209. The third-order valence-electron chi connectivity index (χ3n) is 5.60. The smallest absolute Gasteiger partial charge is 0.416 e. The molecule has 190 valence electrons. The molecule has 3 N–H and O–H groups in total. The number of pyridine rings is 2. The summed E-state index contributed by atoms with van der Waals surface area (Å²) in [6.07, 6.45) is -0.308. The van der Waals surface area contributed by atoms with Gasteiger partial charge in [0, 0.05) is 36.8 Å². The van der Waals surface area contributed by atoms with Gasteiger partial charge in [0.1, 0.15) is 17.7 Å². The van der Waals surface area contributed by atoms with E-state index in [1.54, 1.807) is 24.4 Å². The van der Waals surface area contributed by atoms with Crippen LogP contribution in [-0.4, -0.2) is 42.2 Å². The summed E-state index contributed by atoms with van der Waals surface area (Å²) in [5.41, 5.74) is 0.0982. The third kappa shape index (κ3) is 6.63. The number of nitrogens with one attached hydrogen (secondary N) is 3. The second-order valence-corrected chi connectivity index (χ2v) is 8.22. The Morgan fingerprint density at radius 2 is 1.92 bits per heavy atom. The minimum atomic E-state index is -4.60. The molecule has 2 aromatic heterocycles. The average molecular weight is 502 g/mol. The van der Waals surface area contributed by atoms with Crippen LogP contribution in [0.25, 0.3) is 0 Å². The highest BCUT2D eigenvalue weighted by Gasteiger charge is 2.32. The van der Waals surface area contributed by atoms with Gasteiger partial charge in [0.2, 0.25) is 5.88 Å². The monoisotopic (exact) mass is 501 g/mol. The molecule has 1 saturated heterocycles. The fraction of sp³-hybridized carbons (Fsp3) is 0.320. The van der Waals surface area contributed by atoms with Gasteiger partial charge in [-0.2, -0.15) is 13.2 Å². The summed E-state index contributed by atoms with van der Waals surface area (Å²) < 4.78 is 51.6. The second-order valence-electron chi connectivity index (χ2n) is 8.22. The lowest BCUT2D eigenvalue weighted by molar-refractivity contribution is -0.137. The number of nitrogens with zero attached hydrogens (tertiary/aromatic N) is 2. The van der Waals surface area contributed by atoms with E-state index in [0.29, 0.717) is 25.3 Å². The number of benzene rings is 1. The molecule has 0 atom stereocenters. The first-order valence-corrected chi connectivity index (χ1v) is 11.4. The van der Waals surface area contributed by atoms with Crippen LogP contribution in [0.2, 0.25) is 0 Å². The molecule has 0 aliphatic carbocycles. The summed E-state index contributed by atoms with van der Waals surface area (Å²) in [5.74, 6) is 0.178. The number of hydrogen-bond donors (Lipinski definition) is 3. The Balaban J connectivity index is 1.52. The van der Waals surface area contributed by atoms with E-state index in [4.69, 9.17) is 9.47 Å². The summed E-state index contributed by atoms with van der Waals surface area (Å²) in [4.78, 5) is 21.3. The van der Waals surface area contributed by atoms with Gasteiger partial charge in [-0.15, -0.1) is 0 Å². The third-order valence-corrected chi connectivity index (χ3v) is 5.60. The predicted octanol–water partition coefficient (Wildman–Crippen LogP) is 4.50. The SMILES string of the molecule is COc1cc(CNc2ncccc2C(=O)Nc2cc(OC3CCNCC3)cc(C(F)(F)F)c2)ccn1. The molecule has 4 rings (SSSR count). The maximum Gasteiger partial charge on any atom is 0.416 e. The van der Waals surface area contributed by atoms with Gasteiger partial charge in [-0.3, -0.25) is 4.79 Å². The van der Waals surface area contributed by atoms with E-state index in [9.17, 15) is 18.0 Å². The minimum Gasteiger partial charge on any atom is -0.490 e. The zero-order valence-corrected chi connectivity index (χ0v) is 19.6. The molecule has 3 heterocycles. The van der Waals surface area contributed by atoms with Crippen molar-refractivity contribution in [2.45, 2.75) is 31.7 Å². The van der Waals surface area contributed by atoms with Crippen molar-refractivity contribution in [3.05, 3.63) is 71.5 Å². The zero-order valence-electron chi connectivity index (χ0n) is 19.6. The molecule has 36 heavy (non-hydrogen) atoms. The van der Waals surface area contributed by atoms with Crippen molar-refractivity contribution in [2.24, 2.45) is 0 Å². The summed E-state index contributed by atoms with van der Waals surface area (Å²) in [7, 11) is 1.51. The largest absolute Gasteiger partial charge is 0.490 e. The van der Waals surface area contributed by atoms with Gasteiger partial charge in [0.15, 0.2) is 0 Å². The normalized spacial score (nSPS) is 14.2. The van der Waals surface area contributed by atoms with E-state index in [1.807, 2.05) is 0 Å². The Bertz CT molecular complexity index is 1200. The summed E-state index contributed by atoms with van der Waals surface area (Å²) >= 11 is 0. The van der Waals surface area contributed by atoms with E-state index >= 15 is 0 Å². The highest BCUT2D eigenvalue weighted by Crippen LogP contribution is 2.35. The van der Waals surface area contributed by atoms with Crippen LogP contribution in [0.5, 0.6) is 11.6 Å². The molecule has 1 aromatic carbocycles. The van der Waals surface area contributed by atoms with Crippen LogP contribution < -0.4 is 25.4 Å². The molecular weight excluding hydrogens is 475 g/mol. The number of carbonyl (C=O) groups excluding carboxylic acids is 1. The number of ether oxygens (including phenoxy) is 2. The van der Waals surface area contributed by atoms with Crippen molar-refractivity contribution >= 4 is 17.4 Å². The molecule has 3 aromatic rings. The van der Waals surface area contributed by atoms with E-state index in [2.05, 4.69) is 25.9 Å². The van der Waals surface area contributed by atoms with Crippen molar-refractivity contribution in [3.8, 4) is 11.6 Å². The molecule has 0 spiro atoms. The van der Waals surface area contributed by atoms with Crippen LogP contribution in [0.15, 0.2) is 54.9 Å². The van der Waals surface area contributed by atoms with Crippen molar-refractivity contribution in [3.63, 3.8) is 0 Å². The lowest BCUT2D eigenvalue weighted by Gasteiger charge is -2.24. The molecular formula is C25H26F3N5O3. The number of methoxy groups -OCH3 is 1. The number of alkyl halides is 3. The standard InChI is InChI=1S/C25H26F3N5O3/c1-35-22-11-16(4-10-30-22)15-32-23-21(3-2-7-31-23)24(34)33-18-12-17(25(26,27)28)13-20(14-18)36-19-5-8-29-9-6-19/h2-4,7,10-14,19,29H,5-6,8-9,15H2,1H3,(H,31,32)(H,33,34). The fourth-order valence-corrected chi connectivity index (χ4v) is 3.79. The van der Waals surface area contributed by atoms with Gasteiger partial charge in [-0.05, 0) is 61.8 Å². The Hall–Kier alpha value is -3.86. The molecule has 1 aliphatic rings. The molecule has 0 bridgehead atoms. The Morgan fingerprint density at radius 1 is 1.11 bits per heavy atom. The number of carbonyl (C=O) groups is 1. The first-order valence-electron chi connectivity index (χ1n) is 11.4. The average Bonchev–Trinajstić information content (AvgIpc) is 2.87. The van der Waals surface area contributed by atoms with E-state index in [-0.39, 0.29) is 28.9 Å². The van der Waals surface area contributed by atoms with E-state index in [0.717, 1.165) is 30.8 Å². The first kappa shape index (κ1) is 25.2. The van der Waals surface area contributed by atoms with Gasteiger partial charge in [0.05, 0.1) is 18.2 Å². The van der Waals surface area contributed by atoms with Gasteiger partial charge >= 0.3 is 6.18 Å². The van der Waals surface area contributed by atoms with Crippen molar-refractivity contribution in [2.75, 3.05) is 30.8 Å². The lowest BCUT2D eigenvalue weighted by Crippen LogP contribution is -2.34. The van der Waals surface area contributed by atoms with Crippen LogP contribution in [0, 0.1) is 0 Å². The highest BCUT2D eigenvalue weighted by molar-refractivity contribution is 6.07. The number of amides is 1.